The molecule has 0 unspecified atom stereocenters. The largest absolute Gasteiger partial charge is 0.456 e. The molecular formula is C25H20N4O. The fourth-order valence-corrected chi connectivity index (χ4v) is 3.48. The van der Waals surface area contributed by atoms with Gasteiger partial charge < -0.3 is 4.42 Å². The normalized spacial score (nSPS) is 11.8. The molecule has 5 nitrogen and oxygen atoms in total. The van der Waals surface area contributed by atoms with Gasteiger partial charge in [0.05, 0.1) is 10.9 Å². The lowest BCUT2D eigenvalue weighted by atomic mass is 10.1. The summed E-state index contributed by atoms with van der Waals surface area (Å²) in [6.45, 7) is 2.14. The fraction of sp³-hybridized carbons (Fsp3) is 0.0800. The monoisotopic (exact) mass is 392 g/mol. The Kier molecular flexibility index (Phi) is 4.69. The minimum atomic E-state index is 0.669. The molecule has 0 fully saturated rings. The van der Waals surface area contributed by atoms with Crippen molar-refractivity contribution in [3.63, 3.8) is 0 Å². The molecule has 3 aromatic carbocycles. The number of nitrogens with zero attached hydrogens (tertiary/aromatic N) is 3. The van der Waals surface area contributed by atoms with Crippen LogP contribution in [0.5, 0.6) is 0 Å². The average molecular weight is 392 g/mol. The average Bonchev–Trinajstić information content (AvgIpc) is 2.82. The van der Waals surface area contributed by atoms with Crippen molar-refractivity contribution in [3.05, 3.63) is 96.1 Å². The van der Waals surface area contributed by atoms with Gasteiger partial charge in [-0.1, -0.05) is 55.5 Å². The second kappa shape index (κ2) is 7.79. The molecule has 2 heterocycles. The first-order valence-corrected chi connectivity index (χ1v) is 9.93. The molecule has 0 aliphatic rings. The minimum absolute atomic E-state index is 0.669. The summed E-state index contributed by atoms with van der Waals surface area (Å²) in [4.78, 5) is 8.69. The molecule has 2 aromatic heterocycles. The van der Waals surface area contributed by atoms with Crippen LogP contribution in [0.2, 0.25) is 0 Å². The summed E-state index contributed by atoms with van der Waals surface area (Å²) < 4.78 is 6.20. The van der Waals surface area contributed by atoms with Crippen molar-refractivity contribution in [1.29, 1.82) is 0 Å². The van der Waals surface area contributed by atoms with Gasteiger partial charge >= 0.3 is 0 Å². The Bertz CT molecular complexity index is 1400. The van der Waals surface area contributed by atoms with E-state index in [0.717, 1.165) is 45.0 Å². The Morgan fingerprint density at radius 3 is 2.57 bits per heavy atom. The Hall–Kier alpha value is -3.99. The zero-order valence-corrected chi connectivity index (χ0v) is 16.5. The summed E-state index contributed by atoms with van der Waals surface area (Å²) in [5.41, 5.74) is 7.04. The van der Waals surface area contributed by atoms with Crippen LogP contribution in [0.1, 0.15) is 12.5 Å². The molecule has 0 atom stereocenters. The van der Waals surface area contributed by atoms with Crippen LogP contribution in [-0.4, -0.2) is 9.97 Å². The van der Waals surface area contributed by atoms with E-state index in [4.69, 9.17) is 9.52 Å². The lowest BCUT2D eigenvalue weighted by Crippen LogP contribution is -2.08. The number of rotatable bonds is 4. The topological polar surface area (TPSA) is 63.3 Å². The van der Waals surface area contributed by atoms with Crippen molar-refractivity contribution in [1.82, 2.24) is 9.97 Å². The lowest BCUT2D eigenvalue weighted by Gasteiger charge is -2.07. The van der Waals surface area contributed by atoms with E-state index in [2.05, 4.69) is 34.5 Å². The number of aromatic nitrogens is 2. The first-order valence-electron chi connectivity index (χ1n) is 9.93. The van der Waals surface area contributed by atoms with Crippen LogP contribution in [0.15, 0.2) is 94.7 Å². The summed E-state index contributed by atoms with van der Waals surface area (Å²) >= 11 is 0. The number of fused-ring (bicyclic) bond motifs is 2. The third-order valence-electron chi connectivity index (χ3n) is 5.10. The summed E-state index contributed by atoms with van der Waals surface area (Å²) in [7, 11) is 0. The van der Waals surface area contributed by atoms with Gasteiger partial charge in [-0.15, -0.1) is 0 Å². The van der Waals surface area contributed by atoms with Crippen molar-refractivity contribution in [3.8, 4) is 11.3 Å². The predicted molar refractivity (Wildman–Crippen MR) is 120 cm³/mol. The molecule has 5 aromatic rings. The molecule has 0 saturated carbocycles. The molecule has 0 aliphatic carbocycles. The van der Waals surface area contributed by atoms with Gasteiger partial charge in [-0.05, 0) is 36.2 Å². The van der Waals surface area contributed by atoms with Crippen molar-refractivity contribution >= 4 is 27.7 Å². The zero-order chi connectivity index (χ0) is 20.3. The molecule has 0 radical (unpaired) electrons. The molecule has 0 aliphatic heterocycles. The molecule has 0 bridgehead atoms. The lowest BCUT2D eigenvalue weighted by molar-refractivity contribution is 0.618. The zero-order valence-electron chi connectivity index (χ0n) is 16.5. The van der Waals surface area contributed by atoms with Gasteiger partial charge in [-0.3, -0.25) is 5.43 Å². The van der Waals surface area contributed by atoms with Crippen molar-refractivity contribution < 1.29 is 4.42 Å². The molecule has 0 saturated heterocycles. The van der Waals surface area contributed by atoms with E-state index in [1.165, 1.54) is 5.56 Å². The summed E-state index contributed by atoms with van der Waals surface area (Å²) in [5, 5.41) is 7.40. The Labute approximate surface area is 173 Å². The first-order chi connectivity index (χ1) is 14.8. The van der Waals surface area contributed by atoms with Crippen LogP contribution in [0.25, 0.3) is 33.2 Å². The molecule has 5 heteroatoms. The maximum Gasteiger partial charge on any atom is 0.157 e. The molecule has 146 valence electrons. The van der Waals surface area contributed by atoms with E-state index in [0.29, 0.717) is 5.82 Å². The van der Waals surface area contributed by atoms with Crippen LogP contribution >= 0.6 is 0 Å². The van der Waals surface area contributed by atoms with Gasteiger partial charge in [0, 0.05) is 22.4 Å². The Balaban J connectivity index is 1.69. The van der Waals surface area contributed by atoms with Gasteiger partial charge in [0.15, 0.2) is 5.82 Å². The van der Waals surface area contributed by atoms with E-state index >= 15 is 0 Å². The quantitative estimate of drug-likeness (QED) is 0.408. The van der Waals surface area contributed by atoms with E-state index in [1.807, 2.05) is 66.7 Å². The number of para-hydroxylation sites is 1. The van der Waals surface area contributed by atoms with Crippen LogP contribution in [0, 0.1) is 0 Å². The second-order valence-corrected chi connectivity index (χ2v) is 7.01. The molecular weight excluding hydrogens is 372 g/mol. The van der Waals surface area contributed by atoms with Crippen molar-refractivity contribution in [2.24, 2.45) is 5.10 Å². The van der Waals surface area contributed by atoms with Gasteiger partial charge in [0.1, 0.15) is 17.7 Å². The molecule has 30 heavy (non-hydrogen) atoms. The van der Waals surface area contributed by atoms with Crippen molar-refractivity contribution in [2.45, 2.75) is 13.3 Å². The summed E-state index contributed by atoms with van der Waals surface area (Å²) in [6.07, 6.45) is 2.49. The molecule has 0 spiro atoms. The highest BCUT2D eigenvalue weighted by Gasteiger charge is 2.07. The molecule has 0 amide bonds. The summed E-state index contributed by atoms with van der Waals surface area (Å²) in [6, 6.07) is 26.1. The van der Waals surface area contributed by atoms with Crippen LogP contribution < -0.4 is 10.8 Å². The highest BCUT2D eigenvalue weighted by Crippen LogP contribution is 2.23. The van der Waals surface area contributed by atoms with Crippen LogP contribution in [0.4, 0.5) is 5.82 Å². The van der Waals surface area contributed by atoms with E-state index < -0.39 is 0 Å². The number of anilines is 1. The molecule has 1 N–H and O–H groups in total. The number of aryl methyl sites for hydroxylation is 1. The third-order valence-corrected chi connectivity index (χ3v) is 5.10. The number of nitrogens with one attached hydrogen (secondary N) is 1. The number of hydrogen-bond acceptors (Lipinski definition) is 5. The van der Waals surface area contributed by atoms with E-state index in [9.17, 15) is 0 Å². The smallest absolute Gasteiger partial charge is 0.157 e. The van der Waals surface area contributed by atoms with E-state index in [-0.39, 0.29) is 0 Å². The number of hydrogen-bond donors (Lipinski definition) is 1. The maximum absolute atomic E-state index is 6.20. The number of benzene rings is 3. The maximum atomic E-state index is 6.20. The van der Waals surface area contributed by atoms with Gasteiger partial charge in [-0.25, -0.2) is 9.97 Å². The van der Waals surface area contributed by atoms with Gasteiger partial charge in [0.2, 0.25) is 0 Å². The second-order valence-electron chi connectivity index (χ2n) is 7.01. The first kappa shape index (κ1) is 18.1. The fourth-order valence-electron chi connectivity index (χ4n) is 3.48. The predicted octanol–water partition coefficient (Wildman–Crippen LogP) is 5.53. The van der Waals surface area contributed by atoms with Gasteiger partial charge in [0.25, 0.3) is 0 Å². The Morgan fingerprint density at radius 1 is 0.867 bits per heavy atom. The molecule has 5 rings (SSSR count). The van der Waals surface area contributed by atoms with Gasteiger partial charge in [-0.2, -0.15) is 5.10 Å². The van der Waals surface area contributed by atoms with Crippen molar-refractivity contribution in [2.75, 3.05) is 5.43 Å². The minimum Gasteiger partial charge on any atom is -0.456 e. The highest BCUT2D eigenvalue weighted by molar-refractivity contribution is 5.88. The highest BCUT2D eigenvalue weighted by atomic mass is 16.3. The van der Waals surface area contributed by atoms with E-state index in [1.54, 1.807) is 6.33 Å². The summed E-state index contributed by atoms with van der Waals surface area (Å²) in [5.74, 6) is 1.43. The van der Waals surface area contributed by atoms with Crippen LogP contribution in [0.3, 0.4) is 0 Å². The standard InChI is InChI=1S/C25H20N4O/c1-2-17-12-13-23-20(14-17)22(15-24(30-23)18-8-4-3-5-9-18)28-29-25-19-10-6-7-11-21(19)26-16-27-25/h3-16H,2H2,1H3,(H,26,27,29). The Morgan fingerprint density at radius 2 is 1.70 bits per heavy atom. The third kappa shape index (κ3) is 3.42. The SMILES string of the molecule is CCc1ccc2oc(-c3ccccc3)cc(=NNc3ncnc4ccccc34)c2c1. The van der Waals surface area contributed by atoms with Crippen LogP contribution in [-0.2, 0) is 6.42 Å².